The molecule has 0 heterocycles. The Kier molecular flexibility index (Phi) is 5.79. The third kappa shape index (κ3) is 4.72. The molecule has 0 aliphatic rings. The maximum absolute atomic E-state index is 6.14. The first kappa shape index (κ1) is 17.8. The van der Waals surface area contributed by atoms with Crippen molar-refractivity contribution in [3.63, 3.8) is 0 Å². The molecule has 3 rings (SSSR count). The number of hydrogen-bond acceptors (Lipinski definition) is 4. The molecule has 0 fully saturated rings. The van der Waals surface area contributed by atoms with Crippen LogP contribution in [-0.4, -0.2) is 0 Å². The topological polar surface area (TPSA) is 70.5 Å². The van der Waals surface area contributed by atoms with Gasteiger partial charge in [-0.3, -0.25) is 0 Å². The Labute approximate surface area is 151 Å². The highest BCUT2D eigenvalue weighted by molar-refractivity contribution is 6.30. The Bertz CT molecular complexity index is 775. The maximum Gasteiger partial charge on any atom is 0.132 e. The van der Waals surface area contributed by atoms with Crippen LogP contribution in [0.3, 0.4) is 0 Å². The van der Waals surface area contributed by atoms with Crippen LogP contribution < -0.4 is 20.9 Å². The minimum Gasteiger partial charge on any atom is -0.457 e. The van der Waals surface area contributed by atoms with Crippen molar-refractivity contribution in [1.29, 1.82) is 0 Å². The summed E-state index contributed by atoms with van der Waals surface area (Å²) in [6.45, 7) is 0. The van der Waals surface area contributed by atoms with Crippen molar-refractivity contribution in [2.45, 2.75) is 0 Å². The molecule has 0 atom stereocenters. The van der Waals surface area contributed by atoms with E-state index in [9.17, 15) is 0 Å². The van der Waals surface area contributed by atoms with Gasteiger partial charge in [0, 0.05) is 34.6 Å². The van der Waals surface area contributed by atoms with Crippen LogP contribution in [0, 0.1) is 0 Å². The van der Waals surface area contributed by atoms with E-state index < -0.39 is 0 Å². The first-order valence-corrected chi connectivity index (χ1v) is 7.34. The fourth-order valence-corrected chi connectivity index (χ4v) is 2.30. The van der Waals surface area contributed by atoms with Crippen molar-refractivity contribution in [3.8, 4) is 23.0 Å². The second kappa shape index (κ2) is 7.81. The molecule has 4 N–H and O–H groups in total. The van der Waals surface area contributed by atoms with E-state index in [2.05, 4.69) is 0 Å². The zero-order chi connectivity index (χ0) is 16.2. The van der Waals surface area contributed by atoms with E-state index >= 15 is 0 Å². The molecule has 0 radical (unpaired) electrons. The Balaban J connectivity index is 0.00000208. The van der Waals surface area contributed by atoms with E-state index in [4.69, 9.17) is 32.5 Å². The minimum atomic E-state index is 0. The predicted molar refractivity (Wildman–Crippen MR) is 101 cm³/mol. The molecular formula is C18H16Cl2N2O2. The monoisotopic (exact) mass is 362 g/mol. The summed E-state index contributed by atoms with van der Waals surface area (Å²) in [6, 6.07) is 19.5. The van der Waals surface area contributed by atoms with Crippen molar-refractivity contribution in [1.82, 2.24) is 0 Å². The molecule has 0 amide bonds. The van der Waals surface area contributed by atoms with Crippen LogP contribution in [0.2, 0.25) is 5.02 Å². The van der Waals surface area contributed by atoms with Gasteiger partial charge < -0.3 is 20.9 Å². The van der Waals surface area contributed by atoms with Crippen LogP contribution in [0.4, 0.5) is 11.4 Å². The van der Waals surface area contributed by atoms with Gasteiger partial charge in [0.15, 0.2) is 0 Å². The van der Waals surface area contributed by atoms with Crippen molar-refractivity contribution in [3.05, 3.63) is 71.8 Å². The minimum absolute atomic E-state index is 0. The van der Waals surface area contributed by atoms with Gasteiger partial charge in [-0.2, -0.15) is 0 Å². The van der Waals surface area contributed by atoms with Crippen molar-refractivity contribution >= 4 is 35.4 Å². The van der Waals surface area contributed by atoms with Gasteiger partial charge in [-0.25, -0.2) is 0 Å². The van der Waals surface area contributed by atoms with Gasteiger partial charge in [0.1, 0.15) is 23.0 Å². The molecule has 3 aromatic carbocycles. The average molecular weight is 363 g/mol. The Hall–Kier alpha value is -2.56. The van der Waals surface area contributed by atoms with E-state index in [0.29, 0.717) is 39.4 Å². The van der Waals surface area contributed by atoms with Gasteiger partial charge in [-0.15, -0.1) is 12.4 Å². The van der Waals surface area contributed by atoms with E-state index in [0.717, 1.165) is 0 Å². The zero-order valence-corrected chi connectivity index (χ0v) is 14.2. The molecule has 124 valence electrons. The van der Waals surface area contributed by atoms with E-state index in [1.165, 1.54) is 0 Å². The summed E-state index contributed by atoms with van der Waals surface area (Å²) >= 11 is 6.14. The number of nitrogen functional groups attached to an aromatic ring is 2. The van der Waals surface area contributed by atoms with Crippen LogP contribution >= 0.6 is 24.0 Å². The van der Waals surface area contributed by atoms with Gasteiger partial charge in [0.25, 0.3) is 0 Å². The molecule has 0 aliphatic carbocycles. The third-order valence-corrected chi connectivity index (χ3v) is 3.25. The summed E-state index contributed by atoms with van der Waals surface area (Å²) < 4.78 is 11.5. The summed E-state index contributed by atoms with van der Waals surface area (Å²) in [4.78, 5) is 0. The first-order chi connectivity index (χ1) is 11.1. The van der Waals surface area contributed by atoms with Crippen LogP contribution in [0.25, 0.3) is 0 Å². The lowest BCUT2D eigenvalue weighted by molar-refractivity contribution is 0.461. The molecule has 0 bridgehead atoms. The van der Waals surface area contributed by atoms with Gasteiger partial charge >= 0.3 is 0 Å². The second-order valence-corrected chi connectivity index (χ2v) is 5.41. The molecule has 0 spiro atoms. The third-order valence-electron chi connectivity index (χ3n) is 3.03. The van der Waals surface area contributed by atoms with Crippen molar-refractivity contribution in [2.75, 3.05) is 11.5 Å². The quantitative estimate of drug-likeness (QED) is 0.600. The highest BCUT2D eigenvalue weighted by Gasteiger charge is 2.05. The zero-order valence-electron chi connectivity index (χ0n) is 12.6. The van der Waals surface area contributed by atoms with Crippen LogP contribution in [0.1, 0.15) is 0 Å². The SMILES string of the molecule is Cl.Nc1cccc(Oc2cc(Cl)cc(Oc3cccc(N)c3)c2)c1. The summed E-state index contributed by atoms with van der Waals surface area (Å²) in [6.07, 6.45) is 0. The standard InChI is InChI=1S/C18H15ClN2O2.ClH/c19-12-7-17(22-15-5-1-3-13(20)9-15)11-18(8-12)23-16-6-2-4-14(21)10-16;/h1-11H,20-21H2;1H. The normalized spacial score (nSPS) is 9.88. The first-order valence-electron chi connectivity index (χ1n) is 6.96. The summed E-state index contributed by atoms with van der Waals surface area (Å²) in [5.74, 6) is 2.37. The highest BCUT2D eigenvalue weighted by atomic mass is 35.5. The Morgan fingerprint density at radius 1 is 0.625 bits per heavy atom. The van der Waals surface area contributed by atoms with Crippen LogP contribution in [0.5, 0.6) is 23.0 Å². The highest BCUT2D eigenvalue weighted by Crippen LogP contribution is 2.32. The summed E-state index contributed by atoms with van der Waals surface area (Å²) in [7, 11) is 0. The Morgan fingerprint density at radius 2 is 1.08 bits per heavy atom. The number of anilines is 2. The molecule has 0 unspecified atom stereocenters. The summed E-state index contributed by atoms with van der Waals surface area (Å²) in [5, 5.41) is 0.505. The van der Waals surface area contributed by atoms with E-state index in [1.807, 2.05) is 24.3 Å². The number of nitrogens with two attached hydrogens (primary N) is 2. The van der Waals surface area contributed by atoms with Gasteiger partial charge in [-0.1, -0.05) is 23.7 Å². The molecular weight excluding hydrogens is 347 g/mol. The summed E-state index contributed by atoms with van der Waals surface area (Å²) in [5.41, 5.74) is 12.7. The number of benzene rings is 3. The smallest absolute Gasteiger partial charge is 0.132 e. The molecule has 0 aromatic heterocycles. The fraction of sp³-hybridized carbons (Fsp3) is 0. The van der Waals surface area contributed by atoms with Crippen molar-refractivity contribution < 1.29 is 9.47 Å². The lowest BCUT2D eigenvalue weighted by Gasteiger charge is -2.11. The van der Waals surface area contributed by atoms with E-state index in [-0.39, 0.29) is 12.4 Å². The second-order valence-electron chi connectivity index (χ2n) is 4.97. The number of hydrogen-bond donors (Lipinski definition) is 2. The van der Waals surface area contributed by atoms with Crippen LogP contribution in [0.15, 0.2) is 66.7 Å². The largest absolute Gasteiger partial charge is 0.457 e. The molecule has 6 heteroatoms. The van der Waals surface area contributed by atoms with Gasteiger partial charge in [-0.05, 0) is 36.4 Å². The predicted octanol–water partition coefficient (Wildman–Crippen LogP) is 5.51. The molecule has 0 saturated heterocycles. The van der Waals surface area contributed by atoms with Crippen molar-refractivity contribution in [2.24, 2.45) is 0 Å². The van der Waals surface area contributed by atoms with Gasteiger partial charge in [0.05, 0.1) is 0 Å². The molecule has 24 heavy (non-hydrogen) atoms. The fourth-order valence-electron chi connectivity index (χ4n) is 2.08. The number of ether oxygens (including phenoxy) is 2. The van der Waals surface area contributed by atoms with Crippen LogP contribution in [-0.2, 0) is 0 Å². The molecule has 0 saturated carbocycles. The molecule has 3 aromatic rings. The Morgan fingerprint density at radius 3 is 1.50 bits per heavy atom. The number of rotatable bonds is 4. The average Bonchev–Trinajstić information content (AvgIpc) is 2.46. The number of halogens is 2. The van der Waals surface area contributed by atoms with Gasteiger partial charge in [0.2, 0.25) is 0 Å². The lowest BCUT2D eigenvalue weighted by Crippen LogP contribution is -1.90. The molecule has 4 nitrogen and oxygen atoms in total. The molecule has 0 aliphatic heterocycles. The van der Waals surface area contributed by atoms with E-state index in [1.54, 1.807) is 42.5 Å². The lowest BCUT2D eigenvalue weighted by atomic mass is 10.3. The maximum atomic E-state index is 6.14.